The zero-order chi connectivity index (χ0) is 20.5. The molecule has 0 aliphatic heterocycles. The lowest BCUT2D eigenvalue weighted by molar-refractivity contribution is 0.318. The summed E-state index contributed by atoms with van der Waals surface area (Å²) in [6.07, 6.45) is 8.10. The summed E-state index contributed by atoms with van der Waals surface area (Å²) in [5, 5.41) is 8.93. The van der Waals surface area contributed by atoms with Crippen molar-refractivity contribution < 1.29 is 13.2 Å². The molecule has 0 heterocycles. The van der Waals surface area contributed by atoms with Crippen LogP contribution >= 0.6 is 0 Å². The van der Waals surface area contributed by atoms with E-state index < -0.39 is 17.2 Å². The van der Waals surface area contributed by atoms with Crippen LogP contribution in [0.15, 0.2) is 30.3 Å². The third kappa shape index (κ3) is 3.71. The third-order valence-corrected chi connectivity index (χ3v) is 6.69. The van der Waals surface area contributed by atoms with Crippen LogP contribution in [0, 0.1) is 34.7 Å². The number of nitriles is 1. The molecule has 4 heteroatoms. The monoisotopic (exact) mass is 395 g/mol. The Hall–Kier alpha value is -2.54. The van der Waals surface area contributed by atoms with Crippen LogP contribution in [-0.2, 0) is 12.8 Å². The SMILES string of the molecule is CCC1CCC(c2ccc(C3=CCc4c(cc(F)c(C#N)c4F)C3)c(F)c2)CC1. The van der Waals surface area contributed by atoms with E-state index in [9.17, 15) is 13.2 Å². The number of hydrogen-bond donors (Lipinski definition) is 0. The lowest BCUT2D eigenvalue weighted by Gasteiger charge is -2.28. The second-order valence-electron chi connectivity index (χ2n) is 8.27. The van der Waals surface area contributed by atoms with Crippen LogP contribution in [0.2, 0.25) is 0 Å². The maximum Gasteiger partial charge on any atom is 0.147 e. The van der Waals surface area contributed by atoms with Gasteiger partial charge in [0.25, 0.3) is 0 Å². The number of benzene rings is 2. The van der Waals surface area contributed by atoms with Gasteiger partial charge >= 0.3 is 0 Å². The minimum atomic E-state index is -0.858. The van der Waals surface area contributed by atoms with E-state index in [-0.39, 0.29) is 18.7 Å². The number of allylic oxidation sites excluding steroid dienone is 2. The van der Waals surface area contributed by atoms with E-state index in [4.69, 9.17) is 5.26 Å². The molecule has 2 aromatic carbocycles. The Bertz CT molecular complexity index is 1010. The molecule has 2 aromatic rings. The molecule has 0 spiro atoms. The molecule has 1 nitrogen and oxygen atoms in total. The topological polar surface area (TPSA) is 23.8 Å². The lowest BCUT2D eigenvalue weighted by atomic mass is 9.77. The Balaban J connectivity index is 1.57. The average Bonchev–Trinajstić information content (AvgIpc) is 2.73. The number of fused-ring (bicyclic) bond motifs is 1. The molecule has 0 aromatic heterocycles. The molecule has 0 radical (unpaired) electrons. The normalized spacial score (nSPS) is 21.3. The quantitative estimate of drug-likeness (QED) is 0.558. The zero-order valence-corrected chi connectivity index (χ0v) is 16.6. The second-order valence-corrected chi connectivity index (χ2v) is 8.27. The van der Waals surface area contributed by atoms with Crippen molar-refractivity contribution in [2.75, 3.05) is 0 Å². The van der Waals surface area contributed by atoms with Gasteiger partial charge < -0.3 is 0 Å². The van der Waals surface area contributed by atoms with Gasteiger partial charge in [-0.25, -0.2) is 13.2 Å². The number of hydrogen-bond acceptors (Lipinski definition) is 1. The summed E-state index contributed by atoms with van der Waals surface area (Å²) in [6.45, 7) is 2.23. The van der Waals surface area contributed by atoms with E-state index >= 15 is 0 Å². The van der Waals surface area contributed by atoms with Gasteiger partial charge in [0.1, 0.15) is 29.1 Å². The van der Waals surface area contributed by atoms with Crippen molar-refractivity contribution in [3.63, 3.8) is 0 Å². The van der Waals surface area contributed by atoms with E-state index in [0.29, 0.717) is 22.6 Å². The molecular formula is C25H24F3N. The highest BCUT2D eigenvalue weighted by atomic mass is 19.1. The van der Waals surface area contributed by atoms with Crippen LogP contribution in [0.4, 0.5) is 13.2 Å². The van der Waals surface area contributed by atoms with E-state index in [1.54, 1.807) is 18.2 Å². The van der Waals surface area contributed by atoms with E-state index in [1.165, 1.54) is 25.3 Å². The minimum Gasteiger partial charge on any atom is -0.206 e. The predicted molar refractivity (Wildman–Crippen MR) is 108 cm³/mol. The maximum absolute atomic E-state index is 15.0. The highest BCUT2D eigenvalue weighted by Gasteiger charge is 2.25. The Labute approximate surface area is 169 Å². The van der Waals surface area contributed by atoms with Gasteiger partial charge in [0, 0.05) is 5.56 Å². The van der Waals surface area contributed by atoms with Gasteiger partial charge in [-0.15, -0.1) is 0 Å². The average molecular weight is 395 g/mol. The fraction of sp³-hybridized carbons (Fsp3) is 0.400. The number of nitrogens with zero attached hydrogens (tertiary/aromatic N) is 1. The molecular weight excluding hydrogens is 371 g/mol. The number of halogens is 3. The summed E-state index contributed by atoms with van der Waals surface area (Å²) in [6, 6.07) is 8.25. The molecule has 150 valence electrons. The first-order valence-electron chi connectivity index (χ1n) is 10.4. The Kier molecular flexibility index (Phi) is 5.50. The van der Waals surface area contributed by atoms with Gasteiger partial charge in [-0.3, -0.25) is 0 Å². The smallest absolute Gasteiger partial charge is 0.147 e. The molecule has 2 aliphatic rings. The van der Waals surface area contributed by atoms with Crippen molar-refractivity contribution >= 4 is 5.57 Å². The summed E-state index contributed by atoms with van der Waals surface area (Å²) in [5.41, 5.74) is 2.54. The van der Waals surface area contributed by atoms with Crippen LogP contribution in [0.5, 0.6) is 0 Å². The van der Waals surface area contributed by atoms with Crippen LogP contribution < -0.4 is 0 Å². The fourth-order valence-electron chi connectivity index (χ4n) is 4.85. The summed E-state index contributed by atoms with van der Waals surface area (Å²) in [4.78, 5) is 0. The van der Waals surface area contributed by atoms with Crippen molar-refractivity contribution in [3.05, 3.63) is 75.6 Å². The first kappa shape index (κ1) is 19.8. The van der Waals surface area contributed by atoms with Gasteiger partial charge in [-0.2, -0.15) is 5.26 Å². The Morgan fingerprint density at radius 2 is 1.79 bits per heavy atom. The molecule has 0 N–H and O–H groups in total. The first-order chi connectivity index (χ1) is 14.0. The predicted octanol–water partition coefficient (Wildman–Crippen LogP) is 6.84. The Morgan fingerprint density at radius 1 is 1.03 bits per heavy atom. The molecule has 0 saturated heterocycles. The van der Waals surface area contributed by atoms with Crippen LogP contribution in [-0.4, -0.2) is 0 Å². The lowest BCUT2D eigenvalue weighted by Crippen LogP contribution is -2.13. The molecule has 0 atom stereocenters. The summed E-state index contributed by atoms with van der Waals surface area (Å²) >= 11 is 0. The van der Waals surface area contributed by atoms with Gasteiger partial charge in [-0.05, 0) is 84.8 Å². The third-order valence-electron chi connectivity index (χ3n) is 6.69. The highest BCUT2D eigenvalue weighted by molar-refractivity contribution is 5.71. The summed E-state index contributed by atoms with van der Waals surface area (Å²) < 4.78 is 43.3. The molecule has 0 amide bonds. The zero-order valence-electron chi connectivity index (χ0n) is 16.6. The highest BCUT2D eigenvalue weighted by Crippen LogP contribution is 2.38. The molecule has 4 rings (SSSR count). The van der Waals surface area contributed by atoms with Crippen molar-refractivity contribution in [1.29, 1.82) is 5.26 Å². The van der Waals surface area contributed by atoms with E-state index in [1.807, 2.05) is 12.1 Å². The van der Waals surface area contributed by atoms with E-state index in [2.05, 4.69) is 6.92 Å². The van der Waals surface area contributed by atoms with Gasteiger partial charge in [0.15, 0.2) is 0 Å². The molecule has 1 fully saturated rings. The molecule has 0 unspecified atom stereocenters. The second kappa shape index (κ2) is 8.06. The van der Waals surface area contributed by atoms with Crippen LogP contribution in [0.1, 0.15) is 72.8 Å². The van der Waals surface area contributed by atoms with Gasteiger partial charge in [-0.1, -0.05) is 31.6 Å². The first-order valence-corrected chi connectivity index (χ1v) is 10.4. The van der Waals surface area contributed by atoms with Crippen molar-refractivity contribution in [2.45, 2.75) is 57.8 Å². The summed E-state index contributed by atoms with van der Waals surface area (Å²) in [7, 11) is 0. The standard InChI is InChI=1S/C25H24F3N/c1-2-15-3-5-16(6-4-15)17-7-9-20(23(26)12-17)18-8-10-21-19(11-18)13-24(27)22(14-29)25(21)28/h7-9,12-13,15-16H,2-6,10-11H2,1H3. The van der Waals surface area contributed by atoms with Crippen LogP contribution in [0.3, 0.4) is 0 Å². The van der Waals surface area contributed by atoms with Gasteiger partial charge in [0.2, 0.25) is 0 Å². The summed E-state index contributed by atoms with van der Waals surface area (Å²) in [5.74, 6) is -0.718. The van der Waals surface area contributed by atoms with E-state index in [0.717, 1.165) is 29.9 Å². The van der Waals surface area contributed by atoms with Crippen LogP contribution in [0.25, 0.3) is 5.57 Å². The number of rotatable bonds is 3. The Morgan fingerprint density at radius 3 is 2.45 bits per heavy atom. The molecule has 29 heavy (non-hydrogen) atoms. The largest absolute Gasteiger partial charge is 0.206 e. The van der Waals surface area contributed by atoms with Crippen molar-refractivity contribution in [1.82, 2.24) is 0 Å². The molecule has 0 bridgehead atoms. The van der Waals surface area contributed by atoms with Crippen molar-refractivity contribution in [3.8, 4) is 6.07 Å². The molecule has 2 aliphatic carbocycles. The molecule has 1 saturated carbocycles. The maximum atomic E-state index is 15.0. The fourth-order valence-corrected chi connectivity index (χ4v) is 4.85. The minimum absolute atomic E-state index is 0.230. The van der Waals surface area contributed by atoms with Gasteiger partial charge in [0.05, 0.1) is 0 Å². The van der Waals surface area contributed by atoms with Crippen molar-refractivity contribution in [2.24, 2.45) is 5.92 Å².